The van der Waals surface area contributed by atoms with E-state index >= 15 is 0 Å². The number of ether oxygens (including phenoxy) is 1. The van der Waals surface area contributed by atoms with Gasteiger partial charge in [0, 0.05) is 12.6 Å². The first-order valence-electron chi connectivity index (χ1n) is 6.40. The Morgan fingerprint density at radius 2 is 2.00 bits per heavy atom. The van der Waals surface area contributed by atoms with Crippen LogP contribution in [0.25, 0.3) is 0 Å². The molecule has 0 amide bonds. The van der Waals surface area contributed by atoms with E-state index in [0.717, 1.165) is 6.42 Å². The highest BCUT2D eigenvalue weighted by Gasteiger charge is 2.33. The van der Waals surface area contributed by atoms with Gasteiger partial charge >= 0.3 is 5.97 Å². The molecule has 0 aliphatic carbocycles. The maximum absolute atomic E-state index is 11.3. The molecule has 17 heavy (non-hydrogen) atoms. The van der Waals surface area contributed by atoms with Crippen molar-refractivity contribution >= 4 is 5.97 Å². The molecule has 102 valence electrons. The van der Waals surface area contributed by atoms with Crippen molar-refractivity contribution in [3.63, 3.8) is 0 Å². The molecule has 4 heteroatoms. The Hall–Kier alpha value is -0.610. The fourth-order valence-electron chi connectivity index (χ4n) is 1.70. The fourth-order valence-corrected chi connectivity index (χ4v) is 1.70. The van der Waals surface area contributed by atoms with Gasteiger partial charge in [-0.15, -0.1) is 0 Å². The molecule has 0 aromatic heterocycles. The lowest BCUT2D eigenvalue weighted by atomic mass is 9.91. The number of hydrogen-bond acceptors (Lipinski definition) is 3. The van der Waals surface area contributed by atoms with Crippen LogP contribution in [0.15, 0.2) is 0 Å². The molecule has 0 bridgehead atoms. The second-order valence-corrected chi connectivity index (χ2v) is 5.27. The van der Waals surface area contributed by atoms with Crippen molar-refractivity contribution in [1.29, 1.82) is 0 Å². The highest BCUT2D eigenvalue weighted by Crippen LogP contribution is 2.17. The van der Waals surface area contributed by atoms with E-state index in [-0.39, 0.29) is 6.04 Å². The van der Waals surface area contributed by atoms with E-state index in [9.17, 15) is 9.90 Å². The summed E-state index contributed by atoms with van der Waals surface area (Å²) >= 11 is 0. The minimum atomic E-state index is -0.860. The molecular formula is C13H27NO3. The molecule has 0 aliphatic rings. The summed E-state index contributed by atoms with van der Waals surface area (Å²) in [7, 11) is 0. The topological polar surface area (TPSA) is 58.6 Å². The predicted molar refractivity (Wildman–Crippen MR) is 69.2 cm³/mol. The summed E-state index contributed by atoms with van der Waals surface area (Å²) in [4.78, 5) is 11.3. The normalized spacial score (nSPS) is 16.8. The van der Waals surface area contributed by atoms with E-state index in [2.05, 4.69) is 19.2 Å². The molecule has 0 aliphatic heterocycles. The number of rotatable bonds is 9. The number of nitrogens with one attached hydrogen (secondary N) is 1. The van der Waals surface area contributed by atoms with Gasteiger partial charge in [0.2, 0.25) is 0 Å². The summed E-state index contributed by atoms with van der Waals surface area (Å²) in [6.45, 7) is 11.0. The first-order valence-corrected chi connectivity index (χ1v) is 6.40. The van der Waals surface area contributed by atoms with Crippen molar-refractivity contribution in [2.24, 2.45) is 5.92 Å². The highest BCUT2D eigenvalue weighted by atomic mass is 16.5. The molecule has 4 nitrogen and oxygen atoms in total. The summed E-state index contributed by atoms with van der Waals surface area (Å²) in [5, 5.41) is 12.5. The molecular weight excluding hydrogens is 218 g/mol. The van der Waals surface area contributed by atoms with Crippen LogP contribution in [0, 0.1) is 5.92 Å². The van der Waals surface area contributed by atoms with Gasteiger partial charge in [-0.3, -0.25) is 10.1 Å². The number of carboxylic acids is 1. The monoisotopic (exact) mass is 245 g/mol. The van der Waals surface area contributed by atoms with Gasteiger partial charge in [-0.1, -0.05) is 13.8 Å². The number of carbonyl (C=O) groups is 1. The van der Waals surface area contributed by atoms with Crippen molar-refractivity contribution < 1.29 is 14.6 Å². The molecule has 0 heterocycles. The first-order chi connectivity index (χ1) is 7.81. The van der Waals surface area contributed by atoms with Crippen LogP contribution in [0.3, 0.4) is 0 Å². The van der Waals surface area contributed by atoms with Crippen molar-refractivity contribution in [3.8, 4) is 0 Å². The Balaban J connectivity index is 4.34. The first kappa shape index (κ1) is 16.4. The minimum Gasteiger partial charge on any atom is -0.480 e. The molecule has 2 atom stereocenters. The van der Waals surface area contributed by atoms with Crippen molar-refractivity contribution in [2.75, 3.05) is 13.2 Å². The van der Waals surface area contributed by atoms with Crippen LogP contribution in [0.5, 0.6) is 0 Å². The molecule has 0 aromatic rings. The van der Waals surface area contributed by atoms with Crippen molar-refractivity contribution in [3.05, 3.63) is 0 Å². The Morgan fingerprint density at radius 3 is 2.41 bits per heavy atom. The second kappa shape index (κ2) is 7.67. The lowest BCUT2D eigenvalue weighted by molar-refractivity contribution is -0.145. The zero-order valence-corrected chi connectivity index (χ0v) is 11.7. The molecule has 0 radical (unpaired) electrons. The molecule has 0 fully saturated rings. The number of hydrogen-bond donors (Lipinski definition) is 2. The molecule has 0 aromatic carbocycles. The quantitative estimate of drug-likeness (QED) is 0.654. The smallest absolute Gasteiger partial charge is 0.323 e. The van der Waals surface area contributed by atoms with E-state index < -0.39 is 11.5 Å². The maximum Gasteiger partial charge on any atom is 0.323 e. The third-order valence-electron chi connectivity index (χ3n) is 2.83. The van der Waals surface area contributed by atoms with E-state index in [4.69, 9.17) is 4.74 Å². The lowest BCUT2D eigenvalue weighted by Gasteiger charge is -2.30. The van der Waals surface area contributed by atoms with E-state index in [0.29, 0.717) is 25.6 Å². The van der Waals surface area contributed by atoms with Gasteiger partial charge in [-0.2, -0.15) is 0 Å². The summed E-state index contributed by atoms with van der Waals surface area (Å²) in [6, 6.07) is 0.0446. The van der Waals surface area contributed by atoms with Crippen LogP contribution in [-0.2, 0) is 9.53 Å². The molecule has 2 N–H and O–H groups in total. The zero-order valence-electron chi connectivity index (χ0n) is 11.7. The Bertz CT molecular complexity index is 231. The number of aliphatic carboxylic acids is 1. The maximum atomic E-state index is 11.3. The van der Waals surface area contributed by atoms with Crippen LogP contribution in [0.1, 0.15) is 47.5 Å². The highest BCUT2D eigenvalue weighted by molar-refractivity contribution is 5.78. The van der Waals surface area contributed by atoms with Gasteiger partial charge in [-0.05, 0) is 39.5 Å². The SMILES string of the molecule is CCOCC(C)NC(C)(CCC(C)C)C(=O)O. The zero-order chi connectivity index (χ0) is 13.5. The van der Waals surface area contributed by atoms with Gasteiger partial charge in [0.05, 0.1) is 6.61 Å². The third-order valence-corrected chi connectivity index (χ3v) is 2.83. The van der Waals surface area contributed by atoms with Crippen molar-refractivity contribution in [1.82, 2.24) is 5.32 Å². The summed E-state index contributed by atoms with van der Waals surface area (Å²) in [5.74, 6) is -0.279. The van der Waals surface area contributed by atoms with E-state index in [1.54, 1.807) is 6.92 Å². The van der Waals surface area contributed by atoms with E-state index in [1.165, 1.54) is 0 Å². The average molecular weight is 245 g/mol. The molecule has 0 saturated heterocycles. The second-order valence-electron chi connectivity index (χ2n) is 5.27. The molecule has 0 saturated carbocycles. The van der Waals surface area contributed by atoms with Gasteiger partial charge < -0.3 is 9.84 Å². The molecule has 2 unspecified atom stereocenters. The number of carboxylic acid groups (broad SMARTS) is 1. The predicted octanol–water partition coefficient (Wildman–Crippen LogP) is 2.28. The fraction of sp³-hybridized carbons (Fsp3) is 0.923. The summed E-state index contributed by atoms with van der Waals surface area (Å²) in [5.41, 5.74) is -0.860. The standard InChI is InChI=1S/C13H27NO3/c1-6-17-9-11(4)14-13(5,12(15)16)8-7-10(2)3/h10-11,14H,6-9H2,1-5H3,(H,15,16). The molecule has 0 spiro atoms. The molecule has 0 rings (SSSR count). The van der Waals surface area contributed by atoms with Crippen molar-refractivity contribution in [2.45, 2.75) is 59.0 Å². The average Bonchev–Trinajstić information content (AvgIpc) is 2.23. The third kappa shape index (κ3) is 6.64. The van der Waals surface area contributed by atoms with Crippen LogP contribution < -0.4 is 5.32 Å². The van der Waals surface area contributed by atoms with Crippen LogP contribution in [0.2, 0.25) is 0 Å². The summed E-state index contributed by atoms with van der Waals surface area (Å²) < 4.78 is 5.29. The van der Waals surface area contributed by atoms with Gasteiger partial charge in [0.15, 0.2) is 0 Å². The summed E-state index contributed by atoms with van der Waals surface area (Å²) in [6.07, 6.45) is 1.54. The lowest BCUT2D eigenvalue weighted by Crippen LogP contribution is -2.54. The Labute approximate surface area is 105 Å². The van der Waals surface area contributed by atoms with Crippen LogP contribution in [-0.4, -0.2) is 35.9 Å². The van der Waals surface area contributed by atoms with Gasteiger partial charge in [-0.25, -0.2) is 0 Å². The van der Waals surface area contributed by atoms with Crippen LogP contribution in [0.4, 0.5) is 0 Å². The Morgan fingerprint density at radius 1 is 1.41 bits per heavy atom. The largest absolute Gasteiger partial charge is 0.480 e. The van der Waals surface area contributed by atoms with Crippen LogP contribution >= 0.6 is 0 Å². The Kier molecular flexibility index (Phi) is 7.39. The van der Waals surface area contributed by atoms with Gasteiger partial charge in [0.25, 0.3) is 0 Å². The minimum absolute atomic E-state index is 0.0446. The van der Waals surface area contributed by atoms with Gasteiger partial charge in [0.1, 0.15) is 5.54 Å². The van der Waals surface area contributed by atoms with E-state index in [1.807, 2.05) is 13.8 Å².